The first-order valence-corrected chi connectivity index (χ1v) is 4.92. The lowest BCUT2D eigenvalue weighted by Crippen LogP contribution is -2.14. The van der Waals surface area contributed by atoms with Crippen LogP contribution >= 0.6 is 23.2 Å². The second-order valence-corrected chi connectivity index (χ2v) is 4.06. The van der Waals surface area contributed by atoms with Crippen molar-refractivity contribution in [2.75, 3.05) is 0 Å². The molecular formula is C4H3Cl2N3O2S. The van der Waals surface area contributed by atoms with Gasteiger partial charge in [0.15, 0.2) is 15.3 Å². The van der Waals surface area contributed by atoms with E-state index < -0.39 is 15.0 Å². The number of hydrogen-bond acceptors (Lipinski definition) is 4. The molecule has 0 aliphatic heterocycles. The predicted octanol–water partition coefficient (Wildman–Crippen LogP) is 0.431. The summed E-state index contributed by atoms with van der Waals surface area (Å²) in [6.45, 7) is 0. The summed E-state index contributed by atoms with van der Waals surface area (Å²) in [5.74, 6) is 0. The molecule has 0 fully saturated rings. The van der Waals surface area contributed by atoms with Crippen molar-refractivity contribution >= 4 is 33.2 Å². The third-order valence-electron chi connectivity index (χ3n) is 0.958. The van der Waals surface area contributed by atoms with Crippen molar-refractivity contribution in [3.05, 3.63) is 16.5 Å². The molecule has 0 unspecified atom stereocenters. The zero-order chi connectivity index (χ0) is 9.35. The molecule has 5 nitrogen and oxygen atoms in total. The number of nitrogens with zero attached hydrogens (tertiary/aromatic N) is 2. The zero-order valence-electron chi connectivity index (χ0n) is 5.53. The van der Waals surface area contributed by atoms with Crippen LogP contribution in [0.2, 0.25) is 10.3 Å². The van der Waals surface area contributed by atoms with Gasteiger partial charge in [-0.2, -0.15) is 0 Å². The van der Waals surface area contributed by atoms with E-state index in [0.29, 0.717) is 0 Å². The van der Waals surface area contributed by atoms with Gasteiger partial charge in [-0.15, -0.1) is 0 Å². The molecule has 12 heavy (non-hydrogen) atoms. The molecule has 0 bridgehead atoms. The second kappa shape index (κ2) is 3.14. The summed E-state index contributed by atoms with van der Waals surface area (Å²) in [5, 5.41) is 4.08. The zero-order valence-corrected chi connectivity index (χ0v) is 7.86. The summed E-state index contributed by atoms with van der Waals surface area (Å²) in [6.07, 6.45) is 0.934. The topological polar surface area (TPSA) is 85.9 Å². The maximum absolute atomic E-state index is 10.7. The highest BCUT2D eigenvalue weighted by atomic mass is 35.5. The monoisotopic (exact) mass is 227 g/mol. The van der Waals surface area contributed by atoms with Crippen molar-refractivity contribution in [1.82, 2.24) is 9.97 Å². The van der Waals surface area contributed by atoms with Crippen molar-refractivity contribution in [3.8, 4) is 0 Å². The molecule has 0 atom stereocenters. The Morgan fingerprint density at radius 1 is 1.33 bits per heavy atom. The van der Waals surface area contributed by atoms with Crippen molar-refractivity contribution in [1.29, 1.82) is 0 Å². The van der Waals surface area contributed by atoms with Crippen LogP contribution in [0.15, 0.2) is 11.2 Å². The van der Waals surface area contributed by atoms with E-state index in [9.17, 15) is 8.42 Å². The van der Waals surface area contributed by atoms with Gasteiger partial charge in [-0.05, 0) is 0 Å². The van der Waals surface area contributed by atoms with Gasteiger partial charge in [-0.3, -0.25) is 0 Å². The summed E-state index contributed by atoms with van der Waals surface area (Å²) in [4.78, 5) is 6.86. The SMILES string of the molecule is NS(=O)(=O)c1cnc(Cl)c(Cl)n1. The molecule has 1 rings (SSSR count). The van der Waals surface area contributed by atoms with Crippen LogP contribution in [0.1, 0.15) is 0 Å². The first-order valence-electron chi connectivity index (χ1n) is 2.62. The summed E-state index contributed by atoms with van der Waals surface area (Å²) in [7, 11) is -3.86. The van der Waals surface area contributed by atoms with Crippen LogP contribution in [0, 0.1) is 0 Å². The number of hydrogen-bond donors (Lipinski definition) is 1. The number of sulfonamides is 1. The maximum Gasteiger partial charge on any atom is 0.257 e. The molecule has 0 saturated heterocycles. The van der Waals surface area contributed by atoms with Gasteiger partial charge in [0.05, 0.1) is 6.20 Å². The number of aromatic nitrogens is 2. The molecule has 0 spiro atoms. The van der Waals surface area contributed by atoms with Crippen molar-refractivity contribution in [2.45, 2.75) is 5.03 Å². The number of rotatable bonds is 1. The van der Waals surface area contributed by atoms with Crippen LogP contribution in [0.25, 0.3) is 0 Å². The Morgan fingerprint density at radius 3 is 2.33 bits per heavy atom. The highest BCUT2D eigenvalue weighted by molar-refractivity contribution is 7.89. The van der Waals surface area contributed by atoms with Crippen LogP contribution in [0.4, 0.5) is 0 Å². The standard InChI is InChI=1S/C4H3Cl2N3O2S/c5-3-4(6)9-2(1-8-3)12(7,10)11/h1H,(H2,7,10,11). The summed E-state index contributed by atoms with van der Waals surface area (Å²) >= 11 is 10.8. The van der Waals surface area contributed by atoms with Gasteiger partial charge in [-0.1, -0.05) is 23.2 Å². The Hall–Kier alpha value is -0.430. The molecular weight excluding hydrogens is 225 g/mol. The molecule has 8 heteroatoms. The fourth-order valence-corrected chi connectivity index (χ4v) is 1.17. The highest BCUT2D eigenvalue weighted by Gasteiger charge is 2.12. The average molecular weight is 228 g/mol. The Morgan fingerprint density at radius 2 is 1.92 bits per heavy atom. The Bertz CT molecular complexity index is 405. The molecule has 2 N–H and O–H groups in total. The van der Waals surface area contributed by atoms with E-state index in [4.69, 9.17) is 28.3 Å². The fourth-order valence-electron chi connectivity index (χ4n) is 0.474. The van der Waals surface area contributed by atoms with Gasteiger partial charge in [0.2, 0.25) is 0 Å². The Kier molecular flexibility index (Phi) is 2.52. The van der Waals surface area contributed by atoms with Crippen molar-refractivity contribution in [2.24, 2.45) is 5.14 Å². The Balaban J connectivity index is 3.33. The molecule has 0 saturated carbocycles. The van der Waals surface area contributed by atoms with Crippen LogP contribution in [0.3, 0.4) is 0 Å². The molecule has 1 aromatic heterocycles. The lowest BCUT2D eigenvalue weighted by Gasteiger charge is -1.97. The van der Waals surface area contributed by atoms with Crippen LogP contribution in [-0.4, -0.2) is 18.4 Å². The number of nitrogens with two attached hydrogens (primary N) is 1. The van der Waals surface area contributed by atoms with E-state index in [1.54, 1.807) is 0 Å². The maximum atomic E-state index is 10.7. The second-order valence-electron chi connectivity index (χ2n) is 1.83. The minimum Gasteiger partial charge on any atom is -0.238 e. The van der Waals surface area contributed by atoms with E-state index in [0.717, 1.165) is 6.20 Å². The summed E-state index contributed by atoms with van der Waals surface area (Å²) in [5.41, 5.74) is 0. The van der Waals surface area contributed by atoms with Crippen LogP contribution in [-0.2, 0) is 10.0 Å². The third kappa shape index (κ3) is 2.04. The van der Waals surface area contributed by atoms with Crippen molar-refractivity contribution in [3.63, 3.8) is 0 Å². The van der Waals surface area contributed by atoms with Crippen molar-refractivity contribution < 1.29 is 8.42 Å². The van der Waals surface area contributed by atoms with Crippen LogP contribution < -0.4 is 5.14 Å². The molecule has 0 aliphatic rings. The van der Waals surface area contributed by atoms with E-state index in [1.165, 1.54) is 0 Å². The minimum absolute atomic E-state index is 0.0657. The molecule has 1 heterocycles. The van der Waals surface area contributed by atoms with Crippen LogP contribution in [0.5, 0.6) is 0 Å². The summed E-state index contributed by atoms with van der Waals surface area (Å²) in [6, 6.07) is 0. The number of halogens is 2. The fraction of sp³-hybridized carbons (Fsp3) is 0. The van der Waals surface area contributed by atoms with E-state index in [-0.39, 0.29) is 10.3 Å². The Labute approximate surface area is 78.6 Å². The quantitative estimate of drug-likeness (QED) is 0.755. The summed E-state index contributed by atoms with van der Waals surface area (Å²) < 4.78 is 21.3. The van der Waals surface area contributed by atoms with Gasteiger partial charge in [0.25, 0.3) is 10.0 Å². The highest BCUT2D eigenvalue weighted by Crippen LogP contribution is 2.16. The first-order chi connectivity index (χ1) is 5.41. The van der Waals surface area contributed by atoms with E-state index >= 15 is 0 Å². The molecule has 0 aliphatic carbocycles. The molecule has 0 radical (unpaired) electrons. The lowest BCUT2D eigenvalue weighted by atomic mass is 10.8. The normalized spacial score (nSPS) is 11.6. The smallest absolute Gasteiger partial charge is 0.238 e. The molecule has 0 amide bonds. The largest absolute Gasteiger partial charge is 0.257 e. The molecule has 1 aromatic rings. The van der Waals surface area contributed by atoms with Gasteiger partial charge in [0, 0.05) is 0 Å². The lowest BCUT2D eigenvalue weighted by molar-refractivity contribution is 0.593. The predicted molar refractivity (Wildman–Crippen MR) is 43.4 cm³/mol. The van der Waals surface area contributed by atoms with Gasteiger partial charge in [-0.25, -0.2) is 23.5 Å². The first kappa shape index (κ1) is 9.66. The minimum atomic E-state index is -3.86. The molecule has 0 aromatic carbocycles. The van der Waals surface area contributed by atoms with Gasteiger partial charge >= 0.3 is 0 Å². The average Bonchev–Trinajstić information content (AvgIpc) is 1.92. The van der Waals surface area contributed by atoms with E-state index in [2.05, 4.69) is 9.97 Å². The number of primary sulfonamides is 1. The third-order valence-corrected chi connectivity index (χ3v) is 2.37. The van der Waals surface area contributed by atoms with E-state index in [1.807, 2.05) is 0 Å². The van der Waals surface area contributed by atoms with Gasteiger partial charge < -0.3 is 0 Å². The molecule has 66 valence electrons. The van der Waals surface area contributed by atoms with Gasteiger partial charge in [0.1, 0.15) is 0 Å².